The summed E-state index contributed by atoms with van der Waals surface area (Å²) >= 11 is 0. The maximum Gasteiger partial charge on any atom is 0.220 e. The van der Waals surface area contributed by atoms with Crippen molar-refractivity contribution in [3.05, 3.63) is 85.1 Å². The van der Waals surface area contributed by atoms with E-state index >= 15 is 0 Å². The maximum atomic E-state index is 12.4. The first-order valence-electron chi connectivity index (χ1n) is 24.8. The van der Waals surface area contributed by atoms with Crippen molar-refractivity contribution in [3.63, 3.8) is 0 Å². The lowest BCUT2D eigenvalue weighted by Crippen LogP contribution is -2.45. The number of allylic oxidation sites excluding steroid dienone is 13. The number of unbranched alkanes of at least 4 members (excludes halogenated alkanes) is 25. The molecule has 0 saturated heterocycles. The van der Waals surface area contributed by atoms with Crippen molar-refractivity contribution in [2.45, 2.75) is 244 Å². The van der Waals surface area contributed by atoms with Crippen LogP contribution in [0.2, 0.25) is 0 Å². The van der Waals surface area contributed by atoms with Crippen molar-refractivity contribution in [1.29, 1.82) is 0 Å². The second-order valence-electron chi connectivity index (χ2n) is 16.5. The van der Waals surface area contributed by atoms with Crippen molar-refractivity contribution in [2.24, 2.45) is 0 Å². The van der Waals surface area contributed by atoms with Crippen LogP contribution in [0.25, 0.3) is 0 Å². The molecule has 0 radical (unpaired) electrons. The summed E-state index contributed by atoms with van der Waals surface area (Å²) in [4.78, 5) is 12.4. The van der Waals surface area contributed by atoms with E-state index in [0.717, 1.165) is 77.0 Å². The third-order valence-corrected chi connectivity index (χ3v) is 10.8. The average Bonchev–Trinajstić information content (AvgIpc) is 3.23. The molecule has 0 aromatic heterocycles. The van der Waals surface area contributed by atoms with E-state index in [0.29, 0.717) is 6.42 Å². The molecule has 0 heterocycles. The number of carbonyl (C=O) groups excluding carboxylic acids is 1. The van der Waals surface area contributed by atoms with Crippen molar-refractivity contribution in [3.8, 4) is 0 Å². The SMILES string of the molecule is CC/C=C\C/C=C\C/C=C\C/C=C\CCCCCCCCC(=O)NC(CO)C(O)/C=C/CC/C=C/CC/C=C/CCCCCCCCCCCCCCCCCCC. The predicted molar refractivity (Wildman–Crippen MR) is 257 cm³/mol. The van der Waals surface area contributed by atoms with Gasteiger partial charge in [-0.3, -0.25) is 4.79 Å². The number of aliphatic hydroxyl groups is 2. The Balaban J connectivity index is 3.64. The van der Waals surface area contributed by atoms with Crippen LogP contribution >= 0.6 is 0 Å². The Morgan fingerprint density at radius 2 is 0.776 bits per heavy atom. The Bertz CT molecular complexity index is 1050. The molecule has 0 aliphatic carbocycles. The molecule has 0 aromatic rings. The summed E-state index contributed by atoms with van der Waals surface area (Å²) in [6.07, 6.45) is 71.5. The number of amides is 1. The number of carbonyl (C=O) groups is 1. The van der Waals surface area contributed by atoms with Crippen LogP contribution in [0.4, 0.5) is 0 Å². The Labute approximate surface area is 361 Å². The summed E-state index contributed by atoms with van der Waals surface area (Å²) < 4.78 is 0. The number of aliphatic hydroxyl groups excluding tert-OH is 2. The summed E-state index contributed by atoms with van der Waals surface area (Å²) in [6, 6.07) is -0.659. The van der Waals surface area contributed by atoms with Gasteiger partial charge in [-0.2, -0.15) is 0 Å². The smallest absolute Gasteiger partial charge is 0.220 e. The number of hydrogen-bond acceptors (Lipinski definition) is 3. The maximum absolute atomic E-state index is 12.4. The highest BCUT2D eigenvalue weighted by molar-refractivity contribution is 5.76. The summed E-state index contributed by atoms with van der Waals surface area (Å²) in [5.74, 6) is -0.0944. The van der Waals surface area contributed by atoms with E-state index < -0.39 is 12.1 Å². The lowest BCUT2D eigenvalue weighted by atomic mass is 10.0. The van der Waals surface area contributed by atoms with Crippen molar-refractivity contribution in [1.82, 2.24) is 5.32 Å². The van der Waals surface area contributed by atoms with Crippen LogP contribution in [-0.2, 0) is 4.79 Å². The molecule has 1 amide bonds. The molecule has 4 heteroatoms. The first-order valence-corrected chi connectivity index (χ1v) is 24.8. The van der Waals surface area contributed by atoms with Crippen molar-refractivity contribution in [2.75, 3.05) is 6.61 Å². The number of hydrogen-bond donors (Lipinski definition) is 3. The Morgan fingerprint density at radius 1 is 0.431 bits per heavy atom. The van der Waals surface area contributed by atoms with E-state index in [2.05, 4.69) is 92.1 Å². The van der Waals surface area contributed by atoms with Crippen LogP contribution < -0.4 is 5.32 Å². The Kier molecular flexibility index (Phi) is 46.9. The normalized spacial score (nSPS) is 13.7. The van der Waals surface area contributed by atoms with Gasteiger partial charge in [-0.15, -0.1) is 0 Å². The van der Waals surface area contributed by atoms with Gasteiger partial charge in [0.25, 0.3) is 0 Å². The minimum absolute atomic E-state index is 0.0944. The zero-order valence-electron chi connectivity index (χ0n) is 38.3. The minimum Gasteiger partial charge on any atom is -0.394 e. The highest BCUT2D eigenvalue weighted by Crippen LogP contribution is 2.15. The molecule has 0 rings (SSSR count). The molecule has 0 fully saturated rings. The summed E-state index contributed by atoms with van der Waals surface area (Å²) in [5, 5.41) is 23.0. The third kappa shape index (κ3) is 44.7. The van der Waals surface area contributed by atoms with Gasteiger partial charge in [0.1, 0.15) is 0 Å². The molecule has 0 saturated carbocycles. The van der Waals surface area contributed by atoms with Crippen molar-refractivity contribution >= 4 is 5.91 Å². The highest BCUT2D eigenvalue weighted by Gasteiger charge is 2.17. The van der Waals surface area contributed by atoms with Gasteiger partial charge >= 0.3 is 0 Å². The molecule has 334 valence electrons. The fraction of sp³-hybridized carbons (Fsp3) is 0.722. The Morgan fingerprint density at radius 3 is 1.21 bits per heavy atom. The zero-order valence-corrected chi connectivity index (χ0v) is 38.3. The van der Waals surface area contributed by atoms with Gasteiger partial charge in [-0.05, 0) is 83.5 Å². The van der Waals surface area contributed by atoms with Crippen LogP contribution in [0, 0.1) is 0 Å². The molecule has 2 atom stereocenters. The lowest BCUT2D eigenvalue weighted by Gasteiger charge is -2.19. The minimum atomic E-state index is -0.882. The second kappa shape index (κ2) is 48.9. The molecule has 0 aromatic carbocycles. The van der Waals surface area contributed by atoms with Crippen LogP contribution in [0.1, 0.15) is 232 Å². The fourth-order valence-corrected chi connectivity index (χ4v) is 7.08. The highest BCUT2D eigenvalue weighted by atomic mass is 16.3. The molecular formula is C54H95NO3. The summed E-state index contributed by atoms with van der Waals surface area (Å²) in [7, 11) is 0. The van der Waals surface area contributed by atoms with Crippen LogP contribution in [0.15, 0.2) is 85.1 Å². The van der Waals surface area contributed by atoms with Gasteiger partial charge in [0, 0.05) is 6.42 Å². The van der Waals surface area contributed by atoms with Gasteiger partial charge in [0.05, 0.1) is 18.8 Å². The van der Waals surface area contributed by atoms with Gasteiger partial charge in [-0.25, -0.2) is 0 Å². The van der Waals surface area contributed by atoms with E-state index in [1.54, 1.807) is 6.08 Å². The third-order valence-electron chi connectivity index (χ3n) is 10.8. The first-order chi connectivity index (χ1) is 28.7. The van der Waals surface area contributed by atoms with Gasteiger partial charge in [0.2, 0.25) is 5.91 Å². The predicted octanol–water partition coefficient (Wildman–Crippen LogP) is 16.0. The molecule has 0 aliphatic rings. The monoisotopic (exact) mass is 806 g/mol. The van der Waals surface area contributed by atoms with Crippen molar-refractivity contribution < 1.29 is 15.0 Å². The van der Waals surface area contributed by atoms with E-state index in [1.165, 1.54) is 135 Å². The topological polar surface area (TPSA) is 69.6 Å². The molecule has 0 spiro atoms. The van der Waals surface area contributed by atoms with E-state index in [1.807, 2.05) is 6.08 Å². The van der Waals surface area contributed by atoms with E-state index in [9.17, 15) is 15.0 Å². The molecule has 4 nitrogen and oxygen atoms in total. The quantitative estimate of drug-likeness (QED) is 0.0424. The number of rotatable bonds is 44. The zero-order chi connectivity index (χ0) is 42.1. The molecule has 0 bridgehead atoms. The van der Waals surface area contributed by atoms with Gasteiger partial charge in [0.15, 0.2) is 0 Å². The molecule has 0 aliphatic heterocycles. The largest absolute Gasteiger partial charge is 0.394 e. The van der Waals surface area contributed by atoms with E-state index in [-0.39, 0.29) is 12.5 Å². The molecule has 58 heavy (non-hydrogen) atoms. The van der Waals surface area contributed by atoms with Crippen LogP contribution in [-0.4, -0.2) is 34.9 Å². The van der Waals surface area contributed by atoms with Gasteiger partial charge in [-0.1, -0.05) is 227 Å². The lowest BCUT2D eigenvalue weighted by molar-refractivity contribution is -0.123. The van der Waals surface area contributed by atoms with Crippen LogP contribution in [0.3, 0.4) is 0 Å². The number of nitrogens with one attached hydrogen (secondary N) is 1. The summed E-state index contributed by atoms with van der Waals surface area (Å²) in [6.45, 7) is 4.18. The summed E-state index contributed by atoms with van der Waals surface area (Å²) in [5.41, 5.74) is 0. The Hall–Kier alpha value is -2.43. The first kappa shape index (κ1) is 55.6. The molecule has 2 unspecified atom stereocenters. The van der Waals surface area contributed by atoms with Gasteiger partial charge < -0.3 is 15.5 Å². The molecular weight excluding hydrogens is 711 g/mol. The van der Waals surface area contributed by atoms with E-state index in [4.69, 9.17) is 0 Å². The standard InChI is InChI=1S/C54H95NO3/c1-3-5-7-9-11-13-15-17-19-21-23-24-25-26-27-28-29-30-32-33-35-37-39-41-43-45-47-49-53(57)52(51-56)55-54(58)50-48-46-44-42-40-38-36-34-31-22-20-18-16-14-12-10-8-6-4-2/h6,8,12,14,18,20,31-34,39,41,47,49,52-53,56-57H,3-5,7,9-11,13,15-17,19,21-30,35-38,40,42-46,48,50-51H2,1-2H3,(H,55,58)/b8-6-,14-12-,20-18-,33-32+,34-31-,41-39+,49-47+. The molecule has 3 N–H and O–H groups in total. The fourth-order valence-electron chi connectivity index (χ4n) is 7.08. The second-order valence-corrected chi connectivity index (χ2v) is 16.5. The average molecular weight is 806 g/mol. The van der Waals surface area contributed by atoms with Crippen LogP contribution in [0.5, 0.6) is 0 Å².